The standard InChI is InChI=1S/C27H26N2O7/c1-3-4-13-33-21-9-6-19(7-10-21)27(31)36-23-11-5-18(14-24(23)32-2)16-28-29-26(30)20-8-12-22-25(15-20)35-17-34-22/h5-12,14-16H,3-4,13,17H2,1-2H3,(H,29,30). The van der Waals surface area contributed by atoms with Crippen LogP contribution in [0.3, 0.4) is 0 Å². The highest BCUT2D eigenvalue weighted by atomic mass is 16.7. The second-order valence-corrected chi connectivity index (χ2v) is 7.79. The third kappa shape index (κ3) is 6.12. The van der Waals surface area contributed by atoms with Crippen molar-refractivity contribution in [1.29, 1.82) is 0 Å². The second kappa shape index (κ2) is 11.7. The van der Waals surface area contributed by atoms with Gasteiger partial charge in [0.15, 0.2) is 23.0 Å². The zero-order valence-electron chi connectivity index (χ0n) is 20.0. The van der Waals surface area contributed by atoms with Gasteiger partial charge in [-0.25, -0.2) is 10.2 Å². The molecule has 0 spiro atoms. The van der Waals surface area contributed by atoms with Gasteiger partial charge in [-0.3, -0.25) is 4.79 Å². The molecular formula is C27H26N2O7. The normalized spacial score (nSPS) is 11.8. The van der Waals surface area contributed by atoms with Crippen molar-refractivity contribution in [1.82, 2.24) is 5.43 Å². The Labute approximate surface area is 208 Å². The lowest BCUT2D eigenvalue weighted by Gasteiger charge is -2.10. The van der Waals surface area contributed by atoms with Crippen molar-refractivity contribution in [2.24, 2.45) is 5.10 Å². The van der Waals surface area contributed by atoms with E-state index in [4.69, 9.17) is 23.7 Å². The van der Waals surface area contributed by atoms with Crippen molar-refractivity contribution >= 4 is 18.1 Å². The van der Waals surface area contributed by atoms with Crippen LogP contribution in [0.25, 0.3) is 0 Å². The summed E-state index contributed by atoms with van der Waals surface area (Å²) in [5.74, 6) is 1.48. The van der Waals surface area contributed by atoms with Crippen LogP contribution in [0.1, 0.15) is 46.0 Å². The predicted octanol–water partition coefficient (Wildman–Crippen LogP) is 4.59. The number of methoxy groups -OCH3 is 1. The van der Waals surface area contributed by atoms with Crippen molar-refractivity contribution in [3.05, 3.63) is 77.4 Å². The molecule has 36 heavy (non-hydrogen) atoms. The minimum absolute atomic E-state index is 0.131. The van der Waals surface area contributed by atoms with Crippen molar-refractivity contribution in [3.8, 4) is 28.7 Å². The van der Waals surface area contributed by atoms with Gasteiger partial charge < -0.3 is 23.7 Å². The van der Waals surface area contributed by atoms with E-state index < -0.39 is 11.9 Å². The third-order valence-electron chi connectivity index (χ3n) is 5.26. The van der Waals surface area contributed by atoms with E-state index in [-0.39, 0.29) is 12.5 Å². The monoisotopic (exact) mass is 490 g/mol. The number of benzene rings is 3. The van der Waals surface area contributed by atoms with E-state index in [1.165, 1.54) is 13.3 Å². The van der Waals surface area contributed by atoms with Gasteiger partial charge in [0.1, 0.15) is 5.75 Å². The van der Waals surface area contributed by atoms with Crippen molar-refractivity contribution in [2.45, 2.75) is 19.8 Å². The molecule has 3 aromatic carbocycles. The lowest BCUT2D eigenvalue weighted by atomic mass is 10.2. The van der Waals surface area contributed by atoms with Gasteiger partial charge in [0.05, 0.1) is 25.5 Å². The molecule has 9 nitrogen and oxygen atoms in total. The number of unbranched alkanes of at least 4 members (excludes halogenated alkanes) is 1. The highest BCUT2D eigenvalue weighted by molar-refractivity contribution is 5.95. The van der Waals surface area contributed by atoms with E-state index in [2.05, 4.69) is 17.5 Å². The predicted molar refractivity (Wildman–Crippen MR) is 132 cm³/mol. The van der Waals surface area contributed by atoms with Gasteiger partial charge in [0, 0.05) is 5.56 Å². The second-order valence-electron chi connectivity index (χ2n) is 7.79. The molecule has 0 atom stereocenters. The van der Waals surface area contributed by atoms with Crippen LogP contribution in [-0.4, -0.2) is 38.6 Å². The van der Waals surface area contributed by atoms with E-state index in [0.717, 1.165) is 12.8 Å². The first-order valence-electron chi connectivity index (χ1n) is 11.4. The summed E-state index contributed by atoms with van der Waals surface area (Å²) in [6.07, 6.45) is 3.47. The maximum absolute atomic E-state index is 12.6. The Kier molecular flexibility index (Phi) is 8.02. The number of carbonyl (C=O) groups excluding carboxylic acids is 2. The molecule has 0 aromatic heterocycles. The number of amides is 1. The lowest BCUT2D eigenvalue weighted by molar-refractivity contribution is 0.0729. The summed E-state index contributed by atoms with van der Waals surface area (Å²) in [5.41, 5.74) is 3.87. The van der Waals surface area contributed by atoms with E-state index in [9.17, 15) is 9.59 Å². The minimum Gasteiger partial charge on any atom is -0.494 e. The summed E-state index contributed by atoms with van der Waals surface area (Å²) in [7, 11) is 1.47. The molecular weight excluding hydrogens is 464 g/mol. The summed E-state index contributed by atoms with van der Waals surface area (Å²) in [6.45, 7) is 2.86. The molecule has 1 N–H and O–H groups in total. The molecule has 1 amide bonds. The molecule has 0 radical (unpaired) electrons. The van der Waals surface area contributed by atoms with Crippen LogP contribution in [0.4, 0.5) is 0 Å². The average molecular weight is 491 g/mol. The molecule has 1 aliphatic rings. The van der Waals surface area contributed by atoms with Gasteiger partial charge >= 0.3 is 5.97 Å². The number of hydrogen-bond acceptors (Lipinski definition) is 8. The Bertz CT molecular complexity index is 1260. The maximum atomic E-state index is 12.6. The zero-order valence-corrected chi connectivity index (χ0v) is 20.0. The Morgan fingerprint density at radius 1 is 0.972 bits per heavy atom. The van der Waals surface area contributed by atoms with Gasteiger partial charge in [-0.2, -0.15) is 5.10 Å². The molecule has 0 aliphatic carbocycles. The Morgan fingerprint density at radius 2 is 1.75 bits per heavy atom. The van der Waals surface area contributed by atoms with Crippen LogP contribution in [0, 0.1) is 0 Å². The molecule has 0 saturated carbocycles. The number of carbonyl (C=O) groups is 2. The molecule has 1 heterocycles. The highest BCUT2D eigenvalue weighted by Crippen LogP contribution is 2.32. The van der Waals surface area contributed by atoms with E-state index in [1.54, 1.807) is 60.7 Å². The molecule has 0 saturated heterocycles. The third-order valence-corrected chi connectivity index (χ3v) is 5.26. The van der Waals surface area contributed by atoms with Crippen molar-refractivity contribution in [3.63, 3.8) is 0 Å². The summed E-state index contributed by atoms with van der Waals surface area (Å²) in [6, 6.07) is 16.6. The number of esters is 1. The smallest absolute Gasteiger partial charge is 0.343 e. The van der Waals surface area contributed by atoms with Gasteiger partial charge in [0.25, 0.3) is 5.91 Å². The van der Waals surface area contributed by atoms with Gasteiger partial charge in [-0.15, -0.1) is 0 Å². The SMILES string of the molecule is CCCCOc1ccc(C(=O)Oc2ccc(C=NNC(=O)c3ccc4c(c3)OCO4)cc2OC)cc1. The first kappa shape index (κ1) is 24.6. The fraction of sp³-hybridized carbons (Fsp3) is 0.222. The topological polar surface area (TPSA) is 105 Å². The molecule has 186 valence electrons. The van der Waals surface area contributed by atoms with E-state index in [1.807, 2.05) is 0 Å². The van der Waals surface area contributed by atoms with Crippen LogP contribution < -0.4 is 29.1 Å². The summed E-state index contributed by atoms with van der Waals surface area (Å²) >= 11 is 0. The van der Waals surface area contributed by atoms with Crippen LogP contribution in [-0.2, 0) is 0 Å². The number of nitrogens with one attached hydrogen (secondary N) is 1. The number of nitrogens with zero attached hydrogens (tertiary/aromatic N) is 1. The molecule has 4 rings (SSSR count). The summed E-state index contributed by atoms with van der Waals surface area (Å²) in [5, 5.41) is 3.99. The molecule has 9 heteroatoms. The van der Waals surface area contributed by atoms with Crippen LogP contribution >= 0.6 is 0 Å². The van der Waals surface area contributed by atoms with Crippen LogP contribution in [0.15, 0.2) is 65.8 Å². The zero-order chi connectivity index (χ0) is 25.3. The van der Waals surface area contributed by atoms with Crippen LogP contribution in [0.2, 0.25) is 0 Å². The number of hydrazone groups is 1. The Balaban J connectivity index is 1.35. The fourth-order valence-corrected chi connectivity index (χ4v) is 3.30. The minimum atomic E-state index is -0.522. The molecule has 0 fully saturated rings. The molecule has 0 bridgehead atoms. The number of rotatable bonds is 10. The van der Waals surface area contributed by atoms with Crippen molar-refractivity contribution < 1.29 is 33.3 Å². The summed E-state index contributed by atoms with van der Waals surface area (Å²) < 4.78 is 27.0. The molecule has 1 aliphatic heterocycles. The van der Waals surface area contributed by atoms with Gasteiger partial charge in [-0.1, -0.05) is 13.3 Å². The Morgan fingerprint density at radius 3 is 2.53 bits per heavy atom. The number of fused-ring (bicyclic) bond motifs is 1. The van der Waals surface area contributed by atoms with Gasteiger partial charge in [0.2, 0.25) is 6.79 Å². The largest absolute Gasteiger partial charge is 0.494 e. The summed E-state index contributed by atoms with van der Waals surface area (Å²) in [4.78, 5) is 24.9. The van der Waals surface area contributed by atoms with Crippen molar-refractivity contribution in [2.75, 3.05) is 20.5 Å². The first-order chi connectivity index (χ1) is 17.6. The number of hydrogen-bond donors (Lipinski definition) is 1. The van der Waals surface area contributed by atoms with Gasteiger partial charge in [-0.05, 0) is 72.6 Å². The lowest BCUT2D eigenvalue weighted by Crippen LogP contribution is -2.17. The Hall–Kier alpha value is -4.53. The number of ether oxygens (including phenoxy) is 5. The fourth-order valence-electron chi connectivity index (χ4n) is 3.30. The maximum Gasteiger partial charge on any atom is 0.343 e. The van der Waals surface area contributed by atoms with E-state index >= 15 is 0 Å². The quantitative estimate of drug-likeness (QED) is 0.146. The highest BCUT2D eigenvalue weighted by Gasteiger charge is 2.16. The first-order valence-corrected chi connectivity index (χ1v) is 11.4. The average Bonchev–Trinajstić information content (AvgIpc) is 3.38. The molecule has 0 unspecified atom stereocenters. The van der Waals surface area contributed by atoms with E-state index in [0.29, 0.717) is 46.3 Å². The molecule has 3 aromatic rings. The van der Waals surface area contributed by atoms with Crippen LogP contribution in [0.5, 0.6) is 28.7 Å².